The van der Waals surface area contributed by atoms with Crippen LogP contribution >= 0.6 is 0 Å². The minimum Gasteiger partial charge on any atom is -0.497 e. The van der Waals surface area contributed by atoms with Gasteiger partial charge in [-0.15, -0.1) is 0 Å². The molecule has 1 spiro atoms. The molecular formula is C26H28F2N4O3. The van der Waals surface area contributed by atoms with E-state index < -0.39 is 23.2 Å². The Bertz CT molecular complexity index is 1140. The molecule has 184 valence electrons. The number of carbonyl (C=O) groups excluding carboxylic acids is 2. The molecule has 2 heterocycles. The highest BCUT2D eigenvalue weighted by Gasteiger charge is 2.54. The molecule has 1 aliphatic carbocycles. The van der Waals surface area contributed by atoms with Crippen molar-refractivity contribution in [2.75, 3.05) is 25.1 Å². The molecule has 0 radical (unpaired) electrons. The lowest BCUT2D eigenvalue weighted by Crippen LogP contribution is -2.61. The number of nitrogens with zero attached hydrogens (tertiary/aromatic N) is 3. The number of urea groups is 1. The van der Waals surface area contributed by atoms with Gasteiger partial charge < -0.3 is 9.64 Å². The Hall–Kier alpha value is -3.49. The first kappa shape index (κ1) is 23.3. The Morgan fingerprint density at radius 1 is 1.09 bits per heavy atom. The van der Waals surface area contributed by atoms with E-state index >= 15 is 0 Å². The van der Waals surface area contributed by atoms with E-state index in [0.717, 1.165) is 43.9 Å². The molecule has 5 rings (SSSR count). The van der Waals surface area contributed by atoms with Crippen molar-refractivity contribution in [2.45, 2.75) is 50.1 Å². The molecule has 2 aromatic rings. The molecule has 0 aromatic heterocycles. The van der Waals surface area contributed by atoms with E-state index in [2.05, 4.69) is 5.32 Å². The van der Waals surface area contributed by atoms with Crippen LogP contribution in [0.1, 0.15) is 48.9 Å². The van der Waals surface area contributed by atoms with Gasteiger partial charge in [-0.05, 0) is 62.1 Å². The van der Waals surface area contributed by atoms with E-state index in [4.69, 9.17) is 9.73 Å². The summed E-state index contributed by atoms with van der Waals surface area (Å²) in [5.74, 6) is -0.604. The lowest BCUT2D eigenvalue weighted by molar-refractivity contribution is 0.0686. The van der Waals surface area contributed by atoms with Crippen molar-refractivity contribution < 1.29 is 23.1 Å². The maximum absolute atomic E-state index is 14.2. The number of piperidine rings is 1. The Kier molecular flexibility index (Phi) is 6.17. The Morgan fingerprint density at radius 3 is 2.43 bits per heavy atom. The van der Waals surface area contributed by atoms with Crippen LogP contribution in [0.15, 0.2) is 47.5 Å². The normalized spacial score (nSPS) is 23.9. The van der Waals surface area contributed by atoms with Crippen molar-refractivity contribution in [3.63, 3.8) is 0 Å². The average molecular weight is 483 g/mol. The number of hydrogen-bond acceptors (Lipinski definition) is 4. The molecule has 35 heavy (non-hydrogen) atoms. The molecular weight excluding hydrogens is 454 g/mol. The summed E-state index contributed by atoms with van der Waals surface area (Å²) in [5.41, 5.74) is -0.423. The molecule has 9 heteroatoms. The average Bonchev–Trinajstić information content (AvgIpc) is 3.44. The summed E-state index contributed by atoms with van der Waals surface area (Å²) in [4.78, 5) is 34.7. The van der Waals surface area contributed by atoms with Crippen molar-refractivity contribution in [1.29, 1.82) is 0 Å². The van der Waals surface area contributed by atoms with Crippen LogP contribution in [-0.2, 0) is 0 Å². The van der Waals surface area contributed by atoms with Gasteiger partial charge in [0.25, 0.3) is 5.91 Å². The molecule has 2 aromatic carbocycles. The van der Waals surface area contributed by atoms with Gasteiger partial charge in [-0.3, -0.25) is 20.0 Å². The summed E-state index contributed by atoms with van der Waals surface area (Å²) in [7, 11) is 1.56. The number of rotatable bonds is 4. The lowest BCUT2D eigenvalue weighted by Gasteiger charge is -2.44. The summed E-state index contributed by atoms with van der Waals surface area (Å²) in [6.07, 6.45) is 5.13. The third kappa shape index (κ3) is 4.35. The fraction of sp³-hybridized carbons (Fsp3) is 0.423. The first-order chi connectivity index (χ1) is 16.9. The second-order valence-corrected chi connectivity index (χ2v) is 9.40. The quantitative estimate of drug-likeness (QED) is 0.697. The van der Waals surface area contributed by atoms with Crippen molar-refractivity contribution in [2.24, 2.45) is 4.99 Å². The van der Waals surface area contributed by atoms with E-state index in [9.17, 15) is 18.4 Å². The predicted molar refractivity (Wildman–Crippen MR) is 128 cm³/mol. The van der Waals surface area contributed by atoms with Gasteiger partial charge in [0, 0.05) is 18.2 Å². The van der Waals surface area contributed by atoms with Crippen LogP contribution in [0.3, 0.4) is 0 Å². The van der Waals surface area contributed by atoms with Gasteiger partial charge in [0.2, 0.25) is 0 Å². The molecule has 0 bridgehead atoms. The number of aliphatic imine (C=N–C) groups is 1. The van der Waals surface area contributed by atoms with Crippen LogP contribution in [0.4, 0.5) is 19.3 Å². The maximum Gasteiger partial charge on any atom is 0.328 e. The number of anilines is 1. The first-order valence-electron chi connectivity index (χ1n) is 12.0. The van der Waals surface area contributed by atoms with Crippen LogP contribution in [0.5, 0.6) is 5.75 Å². The molecule has 2 saturated heterocycles. The second kappa shape index (κ2) is 9.28. The summed E-state index contributed by atoms with van der Waals surface area (Å²) in [5, 5.41) is 2.88. The third-order valence-electron chi connectivity index (χ3n) is 7.13. The van der Waals surface area contributed by atoms with Crippen molar-refractivity contribution in [3.05, 3.63) is 59.7 Å². The highest BCUT2D eigenvalue weighted by atomic mass is 19.1. The zero-order valence-corrected chi connectivity index (χ0v) is 19.6. The van der Waals surface area contributed by atoms with Gasteiger partial charge in [-0.1, -0.05) is 12.8 Å². The number of amidine groups is 1. The summed E-state index contributed by atoms with van der Waals surface area (Å²) in [6, 6.07) is 9.51. The number of amides is 3. The molecule has 2 aliphatic heterocycles. The van der Waals surface area contributed by atoms with Gasteiger partial charge in [0.15, 0.2) is 0 Å². The Morgan fingerprint density at radius 2 is 1.77 bits per heavy atom. The van der Waals surface area contributed by atoms with Crippen molar-refractivity contribution in [3.8, 4) is 5.75 Å². The smallest absolute Gasteiger partial charge is 0.328 e. The van der Waals surface area contributed by atoms with Crippen LogP contribution in [0, 0.1) is 11.6 Å². The van der Waals surface area contributed by atoms with E-state index in [1.807, 2.05) is 0 Å². The van der Waals surface area contributed by atoms with Gasteiger partial charge in [-0.25, -0.2) is 13.6 Å². The van der Waals surface area contributed by atoms with Crippen molar-refractivity contribution in [1.82, 2.24) is 10.2 Å². The first-order valence-corrected chi connectivity index (χ1v) is 12.0. The molecule has 1 N–H and O–H groups in total. The monoisotopic (exact) mass is 482 g/mol. The highest BCUT2D eigenvalue weighted by Crippen LogP contribution is 2.38. The summed E-state index contributed by atoms with van der Waals surface area (Å²) in [6.45, 7) is 0.670. The third-order valence-corrected chi connectivity index (χ3v) is 7.13. The molecule has 1 unspecified atom stereocenters. The van der Waals surface area contributed by atoms with E-state index in [0.29, 0.717) is 36.5 Å². The minimum atomic E-state index is -1.03. The number of ether oxygens (including phenoxy) is 1. The molecule has 3 fully saturated rings. The molecule has 1 atom stereocenters. The predicted octanol–water partition coefficient (Wildman–Crippen LogP) is 4.52. The SMILES string of the molecule is COc1ccc(C(=O)N2CCCC3(C2)C(=NC2CCCC2)NC(=O)N3c2cc(F)cc(F)c2)cc1. The fourth-order valence-electron chi connectivity index (χ4n) is 5.48. The number of benzene rings is 2. The molecule has 7 nitrogen and oxygen atoms in total. The molecule has 3 amide bonds. The minimum absolute atomic E-state index is 0.0824. The number of hydrogen-bond donors (Lipinski definition) is 1. The lowest BCUT2D eigenvalue weighted by atomic mass is 9.86. The van der Waals surface area contributed by atoms with E-state index in [-0.39, 0.29) is 24.2 Å². The van der Waals surface area contributed by atoms with Crippen LogP contribution < -0.4 is 15.0 Å². The Balaban J connectivity index is 1.54. The van der Waals surface area contributed by atoms with Crippen LogP contribution in [0.2, 0.25) is 0 Å². The number of carbonyl (C=O) groups is 2. The topological polar surface area (TPSA) is 74.2 Å². The fourth-order valence-corrected chi connectivity index (χ4v) is 5.48. The van der Waals surface area contributed by atoms with Gasteiger partial charge in [0.1, 0.15) is 28.8 Å². The van der Waals surface area contributed by atoms with Crippen LogP contribution in [0.25, 0.3) is 0 Å². The maximum atomic E-state index is 14.2. The summed E-state index contributed by atoms with van der Waals surface area (Å²) >= 11 is 0. The Labute approximate surface area is 202 Å². The number of nitrogens with one attached hydrogen (secondary N) is 1. The highest BCUT2D eigenvalue weighted by molar-refractivity contribution is 6.19. The largest absolute Gasteiger partial charge is 0.497 e. The van der Waals surface area contributed by atoms with Gasteiger partial charge in [-0.2, -0.15) is 0 Å². The molecule has 1 saturated carbocycles. The molecule has 3 aliphatic rings. The number of likely N-dealkylation sites (tertiary alicyclic amines) is 1. The second-order valence-electron chi connectivity index (χ2n) is 9.40. The van der Waals surface area contributed by atoms with Gasteiger partial charge in [0.05, 0.1) is 25.4 Å². The number of halogens is 2. The van der Waals surface area contributed by atoms with E-state index in [1.165, 1.54) is 4.90 Å². The standard InChI is InChI=1S/C26H28F2N4O3/c1-35-22-9-7-17(8-10-22)23(33)31-12-4-11-26(16-31)24(29-20-5-2-3-6-20)30-25(34)32(26)21-14-18(27)13-19(28)15-21/h7-10,13-15,20H,2-6,11-12,16H2,1H3,(H,29,30,34). The van der Waals surface area contributed by atoms with Crippen molar-refractivity contribution >= 4 is 23.5 Å². The van der Waals surface area contributed by atoms with Gasteiger partial charge >= 0.3 is 6.03 Å². The summed E-state index contributed by atoms with van der Waals surface area (Å²) < 4.78 is 33.5. The van der Waals surface area contributed by atoms with E-state index in [1.54, 1.807) is 36.3 Å². The zero-order chi connectivity index (χ0) is 24.6. The number of methoxy groups -OCH3 is 1. The van der Waals surface area contributed by atoms with Crippen LogP contribution in [-0.4, -0.2) is 54.5 Å². The zero-order valence-electron chi connectivity index (χ0n) is 19.6.